The van der Waals surface area contributed by atoms with Crippen molar-refractivity contribution < 1.29 is 0 Å². The Morgan fingerprint density at radius 3 is 2.72 bits per heavy atom. The van der Waals surface area contributed by atoms with Crippen LogP contribution in [-0.2, 0) is 11.6 Å². The molecule has 0 aliphatic carbocycles. The van der Waals surface area contributed by atoms with Gasteiger partial charge in [-0.15, -0.1) is 11.6 Å². The van der Waals surface area contributed by atoms with E-state index in [2.05, 4.69) is 9.97 Å². The van der Waals surface area contributed by atoms with Crippen LogP contribution in [0.4, 0.5) is 0 Å². The maximum atomic E-state index is 11.7. The Bertz CT molecular complexity index is 588. The van der Waals surface area contributed by atoms with Crippen LogP contribution in [0.2, 0.25) is 0 Å². The molecule has 0 atom stereocenters. The van der Waals surface area contributed by atoms with Gasteiger partial charge >= 0.3 is 0 Å². The summed E-state index contributed by atoms with van der Waals surface area (Å²) in [5.41, 5.74) is 1.70. The Hall–Kier alpha value is -0.530. The molecule has 94 valence electrons. The van der Waals surface area contributed by atoms with Gasteiger partial charge in [-0.05, 0) is 28.2 Å². The summed E-state index contributed by atoms with van der Waals surface area (Å²) >= 11 is 9.22. The molecule has 0 amide bonds. The summed E-state index contributed by atoms with van der Waals surface area (Å²) in [6, 6.07) is 10.0. The number of H-pyrrole nitrogens is 1. The number of halogens is 2. The van der Waals surface area contributed by atoms with Gasteiger partial charge in [-0.2, -0.15) is 0 Å². The fourth-order valence-corrected chi connectivity index (χ4v) is 3.07. The van der Waals surface area contributed by atoms with Crippen molar-refractivity contribution in [3.63, 3.8) is 0 Å². The maximum absolute atomic E-state index is 11.7. The predicted molar refractivity (Wildman–Crippen MR) is 83.1 cm³/mol. The van der Waals surface area contributed by atoms with Crippen LogP contribution in [-0.4, -0.2) is 9.97 Å². The zero-order valence-corrected chi connectivity index (χ0v) is 13.1. The van der Waals surface area contributed by atoms with Gasteiger partial charge in [0.1, 0.15) is 3.57 Å². The van der Waals surface area contributed by atoms with Crippen LogP contribution in [0.1, 0.15) is 11.3 Å². The zero-order valence-electron chi connectivity index (χ0n) is 9.32. The Morgan fingerprint density at radius 2 is 2.06 bits per heavy atom. The van der Waals surface area contributed by atoms with Crippen LogP contribution in [0.3, 0.4) is 0 Å². The number of hydrogen-bond donors (Lipinski definition) is 1. The van der Waals surface area contributed by atoms with Crippen LogP contribution in [0, 0.1) is 3.57 Å². The van der Waals surface area contributed by atoms with Crippen molar-refractivity contribution in [3.8, 4) is 0 Å². The molecule has 1 aromatic carbocycles. The lowest BCUT2D eigenvalue weighted by atomic mass is 10.2. The lowest BCUT2D eigenvalue weighted by Gasteiger charge is -2.04. The van der Waals surface area contributed by atoms with E-state index in [1.165, 1.54) is 17.3 Å². The second kappa shape index (κ2) is 6.58. The average Bonchev–Trinajstić information content (AvgIpc) is 2.41. The average molecular weight is 393 g/mol. The maximum Gasteiger partial charge on any atom is 0.265 e. The number of thioether (sulfide) groups is 1. The number of aromatic amines is 1. The molecule has 1 N–H and O–H groups in total. The van der Waals surface area contributed by atoms with Crippen molar-refractivity contribution in [2.75, 3.05) is 0 Å². The molecule has 0 spiro atoms. The van der Waals surface area contributed by atoms with Gasteiger partial charge in [-0.25, -0.2) is 4.98 Å². The molecule has 1 heterocycles. The minimum Gasteiger partial charge on any atom is -0.301 e. The first kappa shape index (κ1) is 13.9. The van der Waals surface area contributed by atoms with Crippen LogP contribution < -0.4 is 5.56 Å². The van der Waals surface area contributed by atoms with E-state index < -0.39 is 0 Å². The number of nitrogens with one attached hydrogen (secondary N) is 1. The van der Waals surface area contributed by atoms with Crippen molar-refractivity contribution in [1.29, 1.82) is 0 Å². The van der Waals surface area contributed by atoms with Gasteiger partial charge in [0.05, 0.1) is 11.6 Å². The van der Waals surface area contributed by atoms with E-state index in [-0.39, 0.29) is 11.4 Å². The van der Waals surface area contributed by atoms with E-state index in [0.29, 0.717) is 14.4 Å². The largest absolute Gasteiger partial charge is 0.301 e. The molecule has 2 aromatic rings. The quantitative estimate of drug-likeness (QED) is 0.375. The molecule has 18 heavy (non-hydrogen) atoms. The normalized spacial score (nSPS) is 10.6. The molecule has 0 radical (unpaired) electrons. The van der Waals surface area contributed by atoms with Gasteiger partial charge in [0.2, 0.25) is 0 Å². The second-order valence-corrected chi connectivity index (χ2v) is 5.85. The van der Waals surface area contributed by atoms with Gasteiger partial charge in [-0.1, -0.05) is 42.1 Å². The Balaban J connectivity index is 2.15. The molecule has 0 fully saturated rings. The summed E-state index contributed by atoms with van der Waals surface area (Å²) in [6.45, 7) is 0. The molecular formula is C12H10ClIN2OS. The fourth-order valence-electron chi connectivity index (χ4n) is 1.37. The SMILES string of the molecule is O=c1[nH]c(SCc2ccccc2)nc(CCl)c1I. The minimum absolute atomic E-state index is 0.128. The van der Waals surface area contributed by atoms with Crippen molar-refractivity contribution in [3.05, 3.63) is 55.5 Å². The zero-order chi connectivity index (χ0) is 13.0. The molecule has 0 aliphatic rings. The van der Waals surface area contributed by atoms with Gasteiger partial charge in [-0.3, -0.25) is 4.79 Å². The predicted octanol–water partition coefficient (Wildman–Crippen LogP) is 3.41. The third kappa shape index (κ3) is 3.49. The van der Waals surface area contributed by atoms with E-state index >= 15 is 0 Å². The summed E-state index contributed by atoms with van der Waals surface area (Å²) in [4.78, 5) is 18.7. The molecular weight excluding hydrogens is 383 g/mol. The first-order chi connectivity index (χ1) is 8.70. The number of nitrogens with zero attached hydrogens (tertiary/aromatic N) is 1. The highest BCUT2D eigenvalue weighted by Gasteiger charge is 2.08. The van der Waals surface area contributed by atoms with Crippen molar-refractivity contribution in [2.24, 2.45) is 0 Å². The Labute approximate surface area is 128 Å². The first-order valence-corrected chi connectivity index (χ1v) is 7.82. The van der Waals surface area contributed by atoms with Gasteiger partial charge in [0, 0.05) is 5.75 Å². The highest BCUT2D eigenvalue weighted by Crippen LogP contribution is 2.19. The van der Waals surface area contributed by atoms with E-state index in [4.69, 9.17) is 11.6 Å². The third-order valence-electron chi connectivity index (χ3n) is 2.25. The van der Waals surface area contributed by atoms with E-state index in [1.807, 2.05) is 52.9 Å². The van der Waals surface area contributed by atoms with Crippen molar-refractivity contribution in [2.45, 2.75) is 16.8 Å². The van der Waals surface area contributed by atoms with Gasteiger partial charge < -0.3 is 4.98 Å². The van der Waals surface area contributed by atoms with E-state index in [0.717, 1.165) is 5.75 Å². The topological polar surface area (TPSA) is 45.8 Å². The van der Waals surface area contributed by atoms with Crippen LogP contribution in [0.5, 0.6) is 0 Å². The molecule has 1 aromatic heterocycles. The molecule has 0 unspecified atom stereocenters. The molecule has 0 aliphatic heterocycles. The highest BCUT2D eigenvalue weighted by atomic mass is 127. The van der Waals surface area contributed by atoms with Crippen LogP contribution in [0.15, 0.2) is 40.3 Å². The van der Waals surface area contributed by atoms with E-state index in [1.54, 1.807) is 0 Å². The van der Waals surface area contributed by atoms with E-state index in [9.17, 15) is 4.79 Å². The summed E-state index contributed by atoms with van der Waals surface area (Å²) in [5, 5.41) is 0.611. The number of benzene rings is 1. The molecule has 3 nitrogen and oxygen atoms in total. The summed E-state index contributed by atoms with van der Waals surface area (Å²) in [5.74, 6) is 1.02. The second-order valence-electron chi connectivity index (χ2n) is 3.54. The molecule has 6 heteroatoms. The smallest absolute Gasteiger partial charge is 0.265 e. The van der Waals surface area contributed by atoms with Crippen LogP contribution in [0.25, 0.3) is 0 Å². The van der Waals surface area contributed by atoms with Gasteiger partial charge in [0.25, 0.3) is 5.56 Å². The molecule has 0 saturated heterocycles. The molecule has 0 saturated carbocycles. The summed E-state index contributed by atoms with van der Waals surface area (Å²) in [6.07, 6.45) is 0. The number of rotatable bonds is 4. The highest BCUT2D eigenvalue weighted by molar-refractivity contribution is 14.1. The Morgan fingerprint density at radius 1 is 1.33 bits per heavy atom. The van der Waals surface area contributed by atoms with Crippen molar-refractivity contribution in [1.82, 2.24) is 9.97 Å². The lowest BCUT2D eigenvalue weighted by molar-refractivity contribution is 0.884. The van der Waals surface area contributed by atoms with Gasteiger partial charge in [0.15, 0.2) is 5.16 Å². The summed E-state index contributed by atoms with van der Waals surface area (Å²) < 4.78 is 0.562. The summed E-state index contributed by atoms with van der Waals surface area (Å²) in [7, 11) is 0. The van der Waals surface area contributed by atoms with Crippen molar-refractivity contribution >= 4 is 46.0 Å². The first-order valence-electron chi connectivity index (χ1n) is 5.22. The Kier molecular flexibility index (Phi) is 5.08. The monoisotopic (exact) mass is 392 g/mol. The molecule has 0 bridgehead atoms. The number of aromatic nitrogens is 2. The number of alkyl halides is 1. The third-order valence-corrected chi connectivity index (χ3v) is 4.56. The number of hydrogen-bond acceptors (Lipinski definition) is 3. The standard InChI is InChI=1S/C12H10ClIN2OS/c13-6-9-10(14)11(17)16-12(15-9)18-7-8-4-2-1-3-5-8/h1-5H,6-7H2,(H,15,16,17). The molecule has 2 rings (SSSR count). The minimum atomic E-state index is -0.128. The lowest BCUT2D eigenvalue weighted by Crippen LogP contribution is -2.15. The van der Waals surface area contributed by atoms with Crippen LogP contribution >= 0.6 is 46.0 Å². The fraction of sp³-hybridized carbons (Fsp3) is 0.167.